The van der Waals surface area contributed by atoms with Crippen molar-refractivity contribution in [3.05, 3.63) is 71.7 Å². The van der Waals surface area contributed by atoms with Crippen molar-refractivity contribution in [3.8, 4) is 17.0 Å². The lowest BCUT2D eigenvalue weighted by Gasteiger charge is -2.30. The molecule has 1 fully saturated rings. The molecular weight excluding hydrogens is 414 g/mol. The molecule has 7 heteroatoms. The van der Waals surface area contributed by atoms with Crippen molar-refractivity contribution >= 4 is 23.5 Å². The number of pyridine rings is 2. The van der Waals surface area contributed by atoms with Crippen molar-refractivity contribution in [1.82, 2.24) is 20.2 Å². The Morgan fingerprint density at radius 1 is 1.15 bits per heavy atom. The Bertz CT molecular complexity index is 1210. The van der Waals surface area contributed by atoms with E-state index in [-0.39, 0.29) is 5.91 Å². The van der Waals surface area contributed by atoms with Gasteiger partial charge in [-0.05, 0) is 73.8 Å². The summed E-state index contributed by atoms with van der Waals surface area (Å²) in [7, 11) is 3.78. The van der Waals surface area contributed by atoms with E-state index in [1.165, 1.54) is 31.1 Å². The number of carbonyl (C=O) groups is 1. The molecule has 33 heavy (non-hydrogen) atoms. The predicted octanol–water partition coefficient (Wildman–Crippen LogP) is 4.43. The summed E-state index contributed by atoms with van der Waals surface area (Å²) in [5, 5.41) is 7.30. The number of methoxy groups -OCH3 is 1. The SMILES string of the molecule is COc1cncc(-c2cc3c(c(Nc4ccc(C5CCCN(C)C5)cc4)n2)C(=O)[N]C=C3)c1. The maximum Gasteiger partial charge on any atom is 0.281 e. The molecule has 1 amide bonds. The lowest BCUT2D eigenvalue weighted by atomic mass is 9.91. The van der Waals surface area contributed by atoms with E-state index in [0.29, 0.717) is 28.7 Å². The lowest BCUT2D eigenvalue weighted by Crippen LogP contribution is -2.30. The van der Waals surface area contributed by atoms with E-state index in [1.54, 1.807) is 19.5 Å². The molecule has 167 valence electrons. The highest BCUT2D eigenvalue weighted by Gasteiger charge is 2.23. The van der Waals surface area contributed by atoms with E-state index in [1.807, 2.05) is 18.2 Å². The first-order valence-corrected chi connectivity index (χ1v) is 11.1. The number of rotatable bonds is 5. The monoisotopic (exact) mass is 440 g/mol. The quantitative estimate of drug-likeness (QED) is 0.632. The van der Waals surface area contributed by atoms with E-state index >= 15 is 0 Å². The van der Waals surface area contributed by atoms with Crippen molar-refractivity contribution in [2.45, 2.75) is 18.8 Å². The Balaban J connectivity index is 1.48. The summed E-state index contributed by atoms with van der Waals surface area (Å²) in [6.45, 7) is 2.25. The van der Waals surface area contributed by atoms with Gasteiger partial charge in [-0.15, -0.1) is 0 Å². The third-order valence-corrected chi connectivity index (χ3v) is 6.22. The van der Waals surface area contributed by atoms with Crippen molar-refractivity contribution in [2.24, 2.45) is 0 Å². The molecule has 4 heterocycles. The minimum absolute atomic E-state index is 0.306. The minimum atomic E-state index is -0.306. The number of likely N-dealkylation sites (tertiary alicyclic amines) is 1. The average molecular weight is 441 g/mol. The predicted molar refractivity (Wildman–Crippen MR) is 129 cm³/mol. The van der Waals surface area contributed by atoms with Gasteiger partial charge in [0.05, 0.1) is 24.6 Å². The lowest BCUT2D eigenvalue weighted by molar-refractivity contribution is 0.0965. The second kappa shape index (κ2) is 9.03. The van der Waals surface area contributed by atoms with Gasteiger partial charge in [-0.25, -0.2) is 10.3 Å². The number of carbonyl (C=O) groups excluding carboxylic acids is 1. The van der Waals surface area contributed by atoms with Crippen molar-refractivity contribution < 1.29 is 9.53 Å². The summed E-state index contributed by atoms with van der Waals surface area (Å²) in [6, 6.07) is 12.2. The van der Waals surface area contributed by atoms with Gasteiger partial charge in [0.2, 0.25) is 0 Å². The molecule has 1 radical (unpaired) electrons. The number of likely N-dealkylation sites (N-methyl/N-ethyl adjacent to an activating group) is 1. The highest BCUT2D eigenvalue weighted by molar-refractivity contribution is 6.05. The Labute approximate surface area is 193 Å². The molecule has 0 bridgehead atoms. The molecule has 2 aliphatic heterocycles. The number of nitrogens with one attached hydrogen (secondary N) is 1. The third-order valence-electron chi connectivity index (χ3n) is 6.22. The molecule has 3 aromatic rings. The van der Waals surface area contributed by atoms with Gasteiger partial charge >= 0.3 is 0 Å². The van der Waals surface area contributed by atoms with Gasteiger partial charge in [0.25, 0.3) is 5.91 Å². The van der Waals surface area contributed by atoms with Gasteiger partial charge in [0.15, 0.2) is 0 Å². The molecular formula is C26H26N5O2. The van der Waals surface area contributed by atoms with Crippen molar-refractivity contribution in [2.75, 3.05) is 32.6 Å². The molecule has 0 aliphatic carbocycles. The summed E-state index contributed by atoms with van der Waals surface area (Å²) in [5.74, 6) is 1.37. The summed E-state index contributed by atoms with van der Waals surface area (Å²) < 4.78 is 5.31. The molecule has 1 N–H and O–H groups in total. The van der Waals surface area contributed by atoms with Crippen molar-refractivity contribution in [3.63, 3.8) is 0 Å². The smallest absolute Gasteiger partial charge is 0.281 e. The molecule has 0 saturated carbocycles. The topological polar surface area (TPSA) is 81.4 Å². The van der Waals surface area contributed by atoms with Gasteiger partial charge in [0.1, 0.15) is 11.6 Å². The molecule has 2 aromatic heterocycles. The highest BCUT2D eigenvalue weighted by Crippen LogP contribution is 2.32. The van der Waals surface area contributed by atoms with Crippen LogP contribution in [0.2, 0.25) is 0 Å². The van der Waals surface area contributed by atoms with E-state index in [0.717, 1.165) is 23.4 Å². The molecule has 1 saturated heterocycles. The summed E-state index contributed by atoms with van der Waals surface area (Å²) >= 11 is 0. The van der Waals surface area contributed by atoms with Crippen LogP contribution in [0.25, 0.3) is 17.3 Å². The molecule has 1 atom stereocenters. The molecule has 7 nitrogen and oxygen atoms in total. The standard InChI is InChI=1S/C26H26N5O2/c1-31-11-3-4-19(16-31)17-5-7-21(8-6-17)29-25-24-18(9-10-28-26(24)32)13-23(30-25)20-12-22(33-2)15-27-14-20/h5-10,12-15,19H,3-4,11,16H2,1-2H3,(H,29,30). The van der Waals surface area contributed by atoms with Crippen LogP contribution in [0, 0.1) is 0 Å². The van der Waals surface area contributed by atoms with Crippen LogP contribution in [-0.2, 0) is 0 Å². The highest BCUT2D eigenvalue weighted by atomic mass is 16.5. The molecule has 5 rings (SSSR count). The molecule has 2 aliphatic rings. The number of hydrogen-bond acceptors (Lipinski definition) is 6. The van der Waals surface area contributed by atoms with E-state index in [4.69, 9.17) is 9.72 Å². The van der Waals surface area contributed by atoms with Gasteiger partial charge in [0, 0.05) is 30.2 Å². The van der Waals surface area contributed by atoms with Crippen LogP contribution in [0.3, 0.4) is 0 Å². The Morgan fingerprint density at radius 3 is 2.79 bits per heavy atom. The maximum absolute atomic E-state index is 12.6. The van der Waals surface area contributed by atoms with Crippen molar-refractivity contribution in [1.29, 1.82) is 0 Å². The van der Waals surface area contributed by atoms with Crippen LogP contribution in [0.15, 0.2) is 55.0 Å². The zero-order chi connectivity index (χ0) is 22.8. The second-order valence-corrected chi connectivity index (χ2v) is 8.53. The molecule has 1 unspecified atom stereocenters. The van der Waals surface area contributed by atoms with Crippen LogP contribution < -0.4 is 15.4 Å². The average Bonchev–Trinajstić information content (AvgIpc) is 2.84. The molecule has 1 aromatic carbocycles. The van der Waals surface area contributed by atoms with E-state index in [2.05, 4.69) is 51.8 Å². The number of ether oxygens (including phenoxy) is 1. The normalized spacial score (nSPS) is 17.9. The largest absolute Gasteiger partial charge is 0.495 e. The summed E-state index contributed by atoms with van der Waals surface area (Å²) in [5.41, 5.74) is 4.96. The number of amides is 1. The van der Waals surface area contributed by atoms with E-state index in [9.17, 15) is 4.79 Å². The van der Waals surface area contributed by atoms with Crippen LogP contribution >= 0.6 is 0 Å². The Morgan fingerprint density at radius 2 is 2.00 bits per heavy atom. The van der Waals surface area contributed by atoms with E-state index < -0.39 is 0 Å². The number of aromatic nitrogens is 2. The number of nitrogens with zero attached hydrogens (tertiary/aromatic N) is 4. The fourth-order valence-electron chi connectivity index (χ4n) is 4.49. The first-order chi connectivity index (χ1) is 16.1. The minimum Gasteiger partial charge on any atom is -0.495 e. The van der Waals surface area contributed by atoms with Crippen LogP contribution in [0.4, 0.5) is 11.5 Å². The number of benzene rings is 1. The maximum atomic E-state index is 12.6. The fourth-order valence-corrected chi connectivity index (χ4v) is 4.49. The summed E-state index contributed by atoms with van der Waals surface area (Å²) in [4.78, 5) is 24.0. The molecule has 0 spiro atoms. The van der Waals surface area contributed by atoms with Crippen LogP contribution in [-0.4, -0.2) is 48.0 Å². The fraction of sp³-hybridized carbons (Fsp3) is 0.269. The summed E-state index contributed by atoms with van der Waals surface area (Å²) in [6.07, 6.45) is 9.17. The number of hydrogen-bond donors (Lipinski definition) is 1. The third kappa shape index (κ3) is 4.45. The number of fused-ring (bicyclic) bond motifs is 1. The second-order valence-electron chi connectivity index (χ2n) is 8.53. The Hall–Kier alpha value is -3.71. The van der Waals surface area contributed by atoms with Crippen LogP contribution in [0.1, 0.15) is 40.2 Å². The number of piperidine rings is 1. The van der Waals surface area contributed by atoms with Gasteiger partial charge in [-0.3, -0.25) is 9.78 Å². The first kappa shape index (κ1) is 21.2. The number of anilines is 2. The van der Waals surface area contributed by atoms with Gasteiger partial charge < -0.3 is 15.0 Å². The zero-order valence-corrected chi connectivity index (χ0v) is 18.8. The first-order valence-electron chi connectivity index (χ1n) is 11.1. The Kier molecular flexibility index (Phi) is 5.79. The van der Waals surface area contributed by atoms with Gasteiger partial charge in [-0.1, -0.05) is 12.1 Å². The van der Waals surface area contributed by atoms with Crippen LogP contribution in [0.5, 0.6) is 5.75 Å². The zero-order valence-electron chi connectivity index (χ0n) is 18.8. The van der Waals surface area contributed by atoms with Gasteiger partial charge in [-0.2, -0.15) is 0 Å².